The first kappa shape index (κ1) is 14.0. The minimum Gasteiger partial charge on any atom is -0.325 e. The van der Waals surface area contributed by atoms with E-state index in [0.717, 1.165) is 23.1 Å². The summed E-state index contributed by atoms with van der Waals surface area (Å²) in [5.74, 6) is -0.163. The number of hydrogen-bond acceptors (Lipinski definition) is 4. The maximum Gasteiger partial charge on any atom is 0.234 e. The van der Waals surface area contributed by atoms with Gasteiger partial charge in [0.25, 0.3) is 0 Å². The van der Waals surface area contributed by atoms with E-state index in [1.54, 1.807) is 12.1 Å². The Bertz CT molecular complexity index is 635. The van der Waals surface area contributed by atoms with Crippen molar-refractivity contribution < 1.29 is 13.2 Å². The van der Waals surface area contributed by atoms with Crippen molar-refractivity contribution in [3.05, 3.63) is 29.3 Å². The lowest BCUT2D eigenvalue weighted by Gasteiger charge is -2.17. The highest BCUT2D eigenvalue weighted by atomic mass is 32.2. The molecule has 104 valence electrons. The summed E-state index contributed by atoms with van der Waals surface area (Å²) in [6.07, 6.45) is 1.16. The summed E-state index contributed by atoms with van der Waals surface area (Å²) < 4.78 is 22.6. The van der Waals surface area contributed by atoms with Gasteiger partial charge in [0.1, 0.15) is 9.84 Å². The molecule has 1 aromatic rings. The lowest BCUT2D eigenvalue weighted by atomic mass is 9.85. The van der Waals surface area contributed by atoms with E-state index in [1.807, 2.05) is 19.9 Å². The molecule has 0 aromatic heterocycles. The highest BCUT2D eigenvalue weighted by Crippen LogP contribution is 2.38. The SMILES string of the molecule is CC1(C)C(=O)Nc2ccc(C(N)CS(C)(=O)=O)cc21. The van der Waals surface area contributed by atoms with Crippen LogP contribution in [-0.4, -0.2) is 26.3 Å². The van der Waals surface area contributed by atoms with E-state index >= 15 is 0 Å². The third-order valence-electron chi connectivity index (χ3n) is 3.44. The maximum absolute atomic E-state index is 11.8. The number of carbonyl (C=O) groups is 1. The van der Waals surface area contributed by atoms with Crippen molar-refractivity contribution >= 4 is 21.4 Å². The Labute approximate surface area is 113 Å². The van der Waals surface area contributed by atoms with Crippen molar-refractivity contribution in [3.63, 3.8) is 0 Å². The minimum atomic E-state index is -3.13. The van der Waals surface area contributed by atoms with Gasteiger partial charge in [0.2, 0.25) is 5.91 Å². The molecule has 0 saturated carbocycles. The van der Waals surface area contributed by atoms with Gasteiger partial charge in [-0.1, -0.05) is 12.1 Å². The first-order chi connectivity index (χ1) is 8.61. The monoisotopic (exact) mass is 282 g/mol. The molecule has 0 fully saturated rings. The highest BCUT2D eigenvalue weighted by Gasteiger charge is 2.38. The van der Waals surface area contributed by atoms with Crippen LogP contribution in [0.2, 0.25) is 0 Å². The summed E-state index contributed by atoms with van der Waals surface area (Å²) in [5, 5.41) is 2.80. The molecule has 1 aliphatic heterocycles. The topological polar surface area (TPSA) is 89.3 Å². The lowest BCUT2D eigenvalue weighted by molar-refractivity contribution is -0.119. The second-order valence-corrected chi connectivity index (χ2v) is 7.77. The molecule has 0 spiro atoms. The zero-order chi connectivity index (χ0) is 14.4. The smallest absolute Gasteiger partial charge is 0.234 e. The molecule has 1 aromatic carbocycles. The highest BCUT2D eigenvalue weighted by molar-refractivity contribution is 7.90. The average molecular weight is 282 g/mol. The van der Waals surface area contributed by atoms with Crippen molar-refractivity contribution in [2.75, 3.05) is 17.3 Å². The van der Waals surface area contributed by atoms with Crippen LogP contribution in [0.1, 0.15) is 31.0 Å². The lowest BCUT2D eigenvalue weighted by Crippen LogP contribution is -2.27. The molecule has 1 unspecified atom stereocenters. The summed E-state index contributed by atoms with van der Waals surface area (Å²) in [6, 6.07) is 4.78. The average Bonchev–Trinajstić information content (AvgIpc) is 2.47. The number of sulfone groups is 1. The molecular weight excluding hydrogens is 264 g/mol. The fourth-order valence-corrected chi connectivity index (χ4v) is 3.09. The Kier molecular flexibility index (Phi) is 3.18. The van der Waals surface area contributed by atoms with Gasteiger partial charge in [0, 0.05) is 18.0 Å². The summed E-state index contributed by atoms with van der Waals surface area (Å²) in [7, 11) is -3.13. The first-order valence-corrected chi connectivity index (χ1v) is 8.06. The van der Waals surface area contributed by atoms with Crippen molar-refractivity contribution in [2.45, 2.75) is 25.3 Å². The summed E-state index contributed by atoms with van der Waals surface area (Å²) in [5.41, 5.74) is 7.66. The second-order valence-electron chi connectivity index (χ2n) is 5.58. The van der Waals surface area contributed by atoms with Crippen LogP contribution in [0.4, 0.5) is 5.69 Å². The van der Waals surface area contributed by atoms with Gasteiger partial charge in [-0.15, -0.1) is 0 Å². The third-order valence-corrected chi connectivity index (χ3v) is 4.41. The number of carbonyl (C=O) groups excluding carboxylic acids is 1. The van der Waals surface area contributed by atoms with Crippen molar-refractivity contribution in [3.8, 4) is 0 Å². The zero-order valence-electron chi connectivity index (χ0n) is 11.2. The van der Waals surface area contributed by atoms with E-state index in [9.17, 15) is 13.2 Å². The van der Waals surface area contributed by atoms with E-state index in [0.29, 0.717) is 0 Å². The van der Waals surface area contributed by atoms with Crippen LogP contribution in [0.5, 0.6) is 0 Å². The standard InChI is InChI=1S/C13H18N2O3S/c1-13(2)9-6-8(10(14)7-19(3,17)18)4-5-11(9)15-12(13)16/h4-6,10H,7,14H2,1-3H3,(H,15,16). The van der Waals surface area contributed by atoms with Crippen LogP contribution in [0.15, 0.2) is 18.2 Å². The Balaban J connectivity index is 2.38. The number of nitrogens with two attached hydrogens (primary N) is 1. The Morgan fingerprint density at radius 2 is 2.00 bits per heavy atom. The molecule has 19 heavy (non-hydrogen) atoms. The van der Waals surface area contributed by atoms with Crippen LogP contribution >= 0.6 is 0 Å². The molecule has 1 heterocycles. The third kappa shape index (κ3) is 2.64. The van der Waals surface area contributed by atoms with E-state index in [1.165, 1.54) is 0 Å². The van der Waals surface area contributed by atoms with E-state index < -0.39 is 21.3 Å². The van der Waals surface area contributed by atoms with Gasteiger partial charge >= 0.3 is 0 Å². The van der Waals surface area contributed by atoms with Gasteiger partial charge in [-0.3, -0.25) is 4.79 Å². The predicted molar refractivity (Wildman–Crippen MR) is 74.7 cm³/mol. The first-order valence-electron chi connectivity index (χ1n) is 6.00. The molecule has 3 N–H and O–H groups in total. The van der Waals surface area contributed by atoms with E-state index in [2.05, 4.69) is 5.32 Å². The van der Waals surface area contributed by atoms with Crippen molar-refractivity contribution in [2.24, 2.45) is 5.73 Å². The molecule has 0 radical (unpaired) electrons. The number of benzene rings is 1. The quantitative estimate of drug-likeness (QED) is 0.864. The second kappa shape index (κ2) is 4.31. The Morgan fingerprint density at radius 3 is 2.58 bits per heavy atom. The molecule has 1 atom stereocenters. The molecular formula is C13H18N2O3S. The molecule has 0 saturated heterocycles. The van der Waals surface area contributed by atoms with Gasteiger partial charge in [-0.05, 0) is 31.0 Å². The summed E-state index contributed by atoms with van der Waals surface area (Å²) >= 11 is 0. The molecule has 1 aliphatic rings. The Hall–Kier alpha value is -1.40. The van der Waals surface area contributed by atoms with Crippen molar-refractivity contribution in [1.82, 2.24) is 0 Å². The fourth-order valence-electron chi connectivity index (χ4n) is 2.24. The fraction of sp³-hybridized carbons (Fsp3) is 0.462. The van der Waals surface area contributed by atoms with Crippen LogP contribution in [0, 0.1) is 0 Å². The van der Waals surface area contributed by atoms with Gasteiger partial charge < -0.3 is 11.1 Å². The molecule has 0 aliphatic carbocycles. The van der Waals surface area contributed by atoms with Crippen LogP contribution in [-0.2, 0) is 20.0 Å². The molecule has 1 amide bonds. The van der Waals surface area contributed by atoms with E-state index in [4.69, 9.17) is 5.73 Å². The summed E-state index contributed by atoms with van der Waals surface area (Å²) in [4.78, 5) is 11.8. The minimum absolute atomic E-state index is 0.0589. The zero-order valence-corrected chi connectivity index (χ0v) is 12.0. The van der Waals surface area contributed by atoms with Gasteiger partial charge in [0.05, 0.1) is 11.2 Å². The maximum atomic E-state index is 11.8. The number of anilines is 1. The van der Waals surface area contributed by atoms with Crippen LogP contribution in [0.3, 0.4) is 0 Å². The number of rotatable bonds is 3. The number of hydrogen-bond donors (Lipinski definition) is 2. The largest absolute Gasteiger partial charge is 0.325 e. The van der Waals surface area contributed by atoms with Gasteiger partial charge in [-0.2, -0.15) is 0 Å². The van der Waals surface area contributed by atoms with Crippen LogP contribution < -0.4 is 11.1 Å². The summed E-state index contributed by atoms with van der Waals surface area (Å²) in [6.45, 7) is 3.67. The van der Waals surface area contributed by atoms with Gasteiger partial charge in [0.15, 0.2) is 0 Å². The molecule has 0 bridgehead atoms. The molecule has 6 heteroatoms. The normalized spacial score (nSPS) is 18.8. The van der Waals surface area contributed by atoms with Crippen LogP contribution in [0.25, 0.3) is 0 Å². The molecule has 2 rings (SSSR count). The number of nitrogens with one attached hydrogen (secondary N) is 1. The predicted octanol–water partition coefficient (Wildman–Crippen LogP) is 0.961. The number of amides is 1. The Morgan fingerprint density at radius 1 is 1.37 bits per heavy atom. The van der Waals surface area contributed by atoms with Gasteiger partial charge in [-0.25, -0.2) is 8.42 Å². The number of fused-ring (bicyclic) bond motifs is 1. The van der Waals surface area contributed by atoms with Crippen molar-refractivity contribution in [1.29, 1.82) is 0 Å². The van der Waals surface area contributed by atoms with E-state index in [-0.39, 0.29) is 11.7 Å². The molecule has 5 nitrogen and oxygen atoms in total.